The highest BCUT2D eigenvalue weighted by Crippen LogP contribution is 2.25. The molecule has 0 N–H and O–H groups in total. The van der Waals surface area contributed by atoms with Gasteiger partial charge in [0.15, 0.2) is 5.78 Å². The molecule has 0 radical (unpaired) electrons. The number of hydrogen-bond acceptors (Lipinski definition) is 3. The number of piperidine rings is 1. The molecule has 3 nitrogen and oxygen atoms in total. The van der Waals surface area contributed by atoms with Crippen LogP contribution in [0.15, 0.2) is 0 Å². The van der Waals surface area contributed by atoms with Gasteiger partial charge < -0.3 is 4.74 Å². The SMILES string of the molecule is CCC(C)(C(=O)COC(C)C)N1CCCCC1. The first-order valence-corrected chi connectivity index (χ1v) is 6.90. The topological polar surface area (TPSA) is 29.5 Å². The zero-order chi connectivity index (χ0) is 12.9. The monoisotopic (exact) mass is 241 g/mol. The fourth-order valence-corrected chi connectivity index (χ4v) is 2.38. The summed E-state index contributed by atoms with van der Waals surface area (Å²) in [6.07, 6.45) is 4.73. The molecule has 3 heteroatoms. The number of carbonyl (C=O) groups excluding carboxylic acids is 1. The summed E-state index contributed by atoms with van der Waals surface area (Å²) in [6.45, 7) is 10.5. The summed E-state index contributed by atoms with van der Waals surface area (Å²) in [5.41, 5.74) is -0.324. The van der Waals surface area contributed by atoms with Crippen LogP contribution in [0.3, 0.4) is 0 Å². The summed E-state index contributed by atoms with van der Waals surface area (Å²) in [5.74, 6) is 0.232. The molecule has 1 heterocycles. The van der Waals surface area contributed by atoms with Crippen LogP contribution in [0.2, 0.25) is 0 Å². The first-order chi connectivity index (χ1) is 8.00. The number of ketones is 1. The normalized spacial score (nSPS) is 21.5. The zero-order valence-corrected chi connectivity index (χ0v) is 11.8. The Balaban J connectivity index is 2.61. The maximum absolute atomic E-state index is 12.3. The fraction of sp³-hybridized carbons (Fsp3) is 0.929. The summed E-state index contributed by atoms with van der Waals surface area (Å²) in [5, 5.41) is 0. The minimum atomic E-state index is -0.324. The molecule has 0 bridgehead atoms. The summed E-state index contributed by atoms with van der Waals surface area (Å²) in [6, 6.07) is 0. The molecule has 17 heavy (non-hydrogen) atoms. The molecular formula is C14H27NO2. The van der Waals surface area contributed by atoms with Gasteiger partial charge in [-0.05, 0) is 53.1 Å². The number of hydrogen-bond donors (Lipinski definition) is 0. The molecule has 0 aliphatic carbocycles. The van der Waals surface area contributed by atoms with Gasteiger partial charge in [-0.2, -0.15) is 0 Å². The molecular weight excluding hydrogens is 214 g/mol. The molecule has 1 fully saturated rings. The van der Waals surface area contributed by atoms with Gasteiger partial charge in [-0.15, -0.1) is 0 Å². The van der Waals surface area contributed by atoms with Gasteiger partial charge in [-0.25, -0.2) is 0 Å². The molecule has 1 unspecified atom stereocenters. The molecule has 0 amide bonds. The van der Waals surface area contributed by atoms with Crippen molar-refractivity contribution < 1.29 is 9.53 Å². The molecule has 1 saturated heterocycles. The number of carbonyl (C=O) groups is 1. The maximum atomic E-state index is 12.3. The molecule has 0 aromatic heterocycles. The van der Waals surface area contributed by atoms with E-state index in [1.54, 1.807) is 0 Å². The molecule has 0 spiro atoms. The standard InChI is InChI=1S/C14H27NO2/c1-5-14(4,13(16)11-17-12(2)3)15-9-7-6-8-10-15/h12H,5-11H2,1-4H3. The number of nitrogens with zero attached hydrogens (tertiary/aromatic N) is 1. The van der Waals surface area contributed by atoms with E-state index in [0.717, 1.165) is 19.5 Å². The van der Waals surface area contributed by atoms with Crippen LogP contribution in [0.25, 0.3) is 0 Å². The van der Waals surface area contributed by atoms with Crippen LogP contribution < -0.4 is 0 Å². The fourth-order valence-electron chi connectivity index (χ4n) is 2.38. The van der Waals surface area contributed by atoms with Crippen molar-refractivity contribution in [3.63, 3.8) is 0 Å². The van der Waals surface area contributed by atoms with Crippen LogP contribution in [0.4, 0.5) is 0 Å². The van der Waals surface area contributed by atoms with Gasteiger partial charge in [0.2, 0.25) is 0 Å². The predicted octanol–water partition coefficient (Wildman–Crippen LogP) is 2.64. The van der Waals surface area contributed by atoms with Gasteiger partial charge in [0.1, 0.15) is 6.61 Å². The van der Waals surface area contributed by atoms with E-state index in [9.17, 15) is 4.79 Å². The second kappa shape index (κ2) is 6.50. The third kappa shape index (κ3) is 3.78. The first-order valence-electron chi connectivity index (χ1n) is 6.90. The molecule has 1 atom stereocenters. The van der Waals surface area contributed by atoms with Crippen molar-refractivity contribution in [2.45, 2.75) is 65.0 Å². The third-order valence-electron chi connectivity index (χ3n) is 3.89. The van der Waals surface area contributed by atoms with Crippen LogP contribution in [0.1, 0.15) is 53.4 Å². The molecule has 100 valence electrons. The van der Waals surface area contributed by atoms with Crippen molar-refractivity contribution in [3.05, 3.63) is 0 Å². The lowest BCUT2D eigenvalue weighted by Gasteiger charge is -2.41. The first kappa shape index (κ1) is 14.7. The van der Waals surface area contributed by atoms with Crippen LogP contribution in [-0.2, 0) is 9.53 Å². The maximum Gasteiger partial charge on any atom is 0.178 e. The molecule has 1 aliphatic heterocycles. The average Bonchev–Trinajstić information content (AvgIpc) is 2.35. The molecule has 0 saturated carbocycles. The summed E-state index contributed by atoms with van der Waals surface area (Å²) in [7, 11) is 0. The van der Waals surface area contributed by atoms with Gasteiger partial charge in [-0.3, -0.25) is 9.69 Å². The van der Waals surface area contributed by atoms with Crippen molar-refractivity contribution in [1.29, 1.82) is 0 Å². The highest BCUT2D eigenvalue weighted by molar-refractivity contribution is 5.89. The quantitative estimate of drug-likeness (QED) is 0.716. The summed E-state index contributed by atoms with van der Waals surface area (Å²) >= 11 is 0. The van der Waals surface area contributed by atoms with E-state index in [4.69, 9.17) is 4.74 Å². The largest absolute Gasteiger partial charge is 0.371 e. The third-order valence-corrected chi connectivity index (χ3v) is 3.89. The predicted molar refractivity (Wildman–Crippen MR) is 70.2 cm³/mol. The van der Waals surface area contributed by atoms with Crippen LogP contribution in [0, 0.1) is 0 Å². The van der Waals surface area contributed by atoms with Gasteiger partial charge in [-0.1, -0.05) is 13.3 Å². The van der Waals surface area contributed by atoms with Crippen LogP contribution in [0.5, 0.6) is 0 Å². The van der Waals surface area contributed by atoms with Crippen LogP contribution >= 0.6 is 0 Å². The van der Waals surface area contributed by atoms with Crippen molar-refractivity contribution in [1.82, 2.24) is 4.90 Å². The van der Waals surface area contributed by atoms with Crippen LogP contribution in [-0.4, -0.2) is 42.0 Å². The lowest BCUT2D eigenvalue weighted by Crippen LogP contribution is -2.55. The Kier molecular flexibility index (Phi) is 5.60. The Morgan fingerprint density at radius 2 is 1.88 bits per heavy atom. The lowest BCUT2D eigenvalue weighted by molar-refractivity contribution is -0.137. The Labute approximate surface area is 106 Å². The van der Waals surface area contributed by atoms with E-state index >= 15 is 0 Å². The zero-order valence-electron chi connectivity index (χ0n) is 11.8. The Morgan fingerprint density at radius 3 is 2.35 bits per heavy atom. The Bertz CT molecular complexity index is 247. The highest BCUT2D eigenvalue weighted by Gasteiger charge is 2.37. The van der Waals surface area contributed by atoms with E-state index in [2.05, 4.69) is 18.7 Å². The van der Waals surface area contributed by atoms with E-state index in [1.165, 1.54) is 19.3 Å². The van der Waals surface area contributed by atoms with E-state index < -0.39 is 0 Å². The number of likely N-dealkylation sites (tertiary alicyclic amines) is 1. The number of Topliss-reactive ketones (excluding diaryl/α,β-unsaturated/α-hetero) is 1. The minimum absolute atomic E-state index is 0.126. The summed E-state index contributed by atoms with van der Waals surface area (Å²) < 4.78 is 5.47. The average molecular weight is 241 g/mol. The minimum Gasteiger partial charge on any atom is -0.371 e. The summed E-state index contributed by atoms with van der Waals surface area (Å²) in [4.78, 5) is 14.7. The number of ether oxygens (including phenoxy) is 1. The van der Waals surface area contributed by atoms with E-state index in [1.807, 2.05) is 13.8 Å². The molecule has 0 aromatic rings. The lowest BCUT2D eigenvalue weighted by atomic mass is 9.89. The van der Waals surface area contributed by atoms with Gasteiger partial charge in [0.25, 0.3) is 0 Å². The van der Waals surface area contributed by atoms with Gasteiger partial charge in [0.05, 0.1) is 11.6 Å². The highest BCUT2D eigenvalue weighted by atomic mass is 16.5. The van der Waals surface area contributed by atoms with Crippen molar-refractivity contribution in [2.75, 3.05) is 19.7 Å². The molecule has 0 aromatic carbocycles. The van der Waals surface area contributed by atoms with Gasteiger partial charge >= 0.3 is 0 Å². The molecule has 1 aliphatic rings. The van der Waals surface area contributed by atoms with Crippen molar-refractivity contribution >= 4 is 5.78 Å². The number of rotatable bonds is 6. The van der Waals surface area contributed by atoms with E-state index in [0.29, 0.717) is 0 Å². The van der Waals surface area contributed by atoms with Gasteiger partial charge in [0, 0.05) is 0 Å². The van der Waals surface area contributed by atoms with Crippen molar-refractivity contribution in [2.24, 2.45) is 0 Å². The second-order valence-electron chi connectivity index (χ2n) is 5.46. The smallest absolute Gasteiger partial charge is 0.178 e. The van der Waals surface area contributed by atoms with E-state index in [-0.39, 0.29) is 24.0 Å². The Hall–Kier alpha value is -0.410. The molecule has 1 rings (SSSR count). The Morgan fingerprint density at radius 1 is 1.29 bits per heavy atom. The second-order valence-corrected chi connectivity index (χ2v) is 5.46. The van der Waals surface area contributed by atoms with Crippen molar-refractivity contribution in [3.8, 4) is 0 Å².